The van der Waals surface area contributed by atoms with Crippen molar-refractivity contribution >= 4 is 22.4 Å². The highest BCUT2D eigenvalue weighted by Crippen LogP contribution is 2.32. The maximum absolute atomic E-state index is 14.8. The monoisotopic (exact) mass is 417 g/mol. The Labute approximate surface area is 173 Å². The van der Waals surface area contributed by atoms with Crippen LogP contribution in [0.2, 0.25) is 0 Å². The highest BCUT2D eigenvalue weighted by molar-refractivity contribution is 7.90. The lowest BCUT2D eigenvalue weighted by atomic mass is 9.94. The van der Waals surface area contributed by atoms with Gasteiger partial charge in [0.05, 0.1) is 11.0 Å². The molecule has 0 aliphatic rings. The van der Waals surface area contributed by atoms with Crippen LogP contribution in [-0.4, -0.2) is 18.9 Å². The first kappa shape index (κ1) is 21.6. The first-order chi connectivity index (χ1) is 13.5. The van der Waals surface area contributed by atoms with Crippen LogP contribution in [0.1, 0.15) is 63.3 Å². The summed E-state index contributed by atoms with van der Waals surface area (Å²) >= 11 is -1.40. The van der Waals surface area contributed by atoms with Crippen LogP contribution < -0.4 is 10.4 Å². The molecule has 3 rings (SSSR count). The number of aromatic nitrogens is 2. The summed E-state index contributed by atoms with van der Waals surface area (Å²) in [6, 6.07) is 10.1. The van der Waals surface area contributed by atoms with Gasteiger partial charge >= 0.3 is 5.69 Å². The average molecular weight is 418 g/mol. The maximum Gasteiger partial charge on any atom is 0.326 e. The number of halogens is 1. The number of nitrogens with zero attached hydrogens (tertiary/aromatic N) is 1. The second-order valence-electron chi connectivity index (χ2n) is 8.60. The molecule has 0 radical (unpaired) electrons. The fourth-order valence-electron chi connectivity index (χ4n) is 3.30. The number of hydrogen-bond donors (Lipinski definition) is 2. The first-order valence-electron chi connectivity index (χ1n) is 9.65. The van der Waals surface area contributed by atoms with E-state index in [1.54, 1.807) is 13.1 Å². The van der Waals surface area contributed by atoms with Crippen LogP contribution in [0.4, 0.5) is 4.39 Å². The van der Waals surface area contributed by atoms with Crippen LogP contribution in [0.5, 0.6) is 0 Å². The number of aryl methyl sites for hydroxylation is 1. The van der Waals surface area contributed by atoms with Crippen LogP contribution in [0, 0.1) is 5.82 Å². The van der Waals surface area contributed by atoms with Gasteiger partial charge in [-0.1, -0.05) is 38.1 Å². The minimum atomic E-state index is -1.40. The number of benzene rings is 2. The molecule has 0 saturated heterocycles. The van der Waals surface area contributed by atoms with Gasteiger partial charge in [0.1, 0.15) is 16.6 Å². The number of H-pyrrole nitrogens is 1. The Morgan fingerprint density at radius 2 is 1.86 bits per heavy atom. The van der Waals surface area contributed by atoms with E-state index in [-0.39, 0.29) is 17.4 Å². The van der Waals surface area contributed by atoms with Crippen molar-refractivity contribution in [1.82, 2.24) is 14.3 Å². The Hall–Kier alpha value is -2.09. The number of fused-ring (bicyclic) bond motifs is 1. The molecule has 0 bridgehead atoms. The number of para-hydroxylation sites is 1. The third kappa shape index (κ3) is 4.27. The molecule has 2 atom stereocenters. The van der Waals surface area contributed by atoms with Crippen molar-refractivity contribution in [2.45, 2.75) is 51.3 Å². The van der Waals surface area contributed by atoms with Gasteiger partial charge in [-0.3, -0.25) is 4.57 Å². The van der Waals surface area contributed by atoms with Crippen LogP contribution in [0.15, 0.2) is 41.2 Å². The predicted molar refractivity (Wildman–Crippen MR) is 117 cm³/mol. The smallest absolute Gasteiger partial charge is 0.326 e. The molecule has 0 aliphatic heterocycles. The molecule has 5 nitrogen and oxygen atoms in total. The molecule has 1 unspecified atom stereocenters. The van der Waals surface area contributed by atoms with Gasteiger partial charge in [-0.25, -0.2) is 9.18 Å². The Kier molecular flexibility index (Phi) is 5.94. The third-order valence-corrected chi connectivity index (χ3v) is 6.61. The molecular formula is C22H28FN3O2S. The number of aromatic amines is 1. The SMILES string of the molecule is CC(C)c1ccc([C@@H](N[S+]([O-])C(C)(C)C)c2cccc3c2[nH]c(=O)n3C)cc1F. The molecule has 7 heteroatoms. The Balaban J connectivity index is 2.18. The lowest BCUT2D eigenvalue weighted by Crippen LogP contribution is -2.41. The standard InChI is InChI=1S/C22H28FN3O2S/c1-13(2)15-11-10-14(12-17(15)23)19(25-29(28)22(3,4)5)16-8-7-9-18-20(16)24-21(27)26(18)6/h7-13,19,25H,1-6H3,(H,24,27)/t19-,29?/m1/s1. The number of rotatable bonds is 5. The van der Waals surface area contributed by atoms with Gasteiger partial charge in [0.25, 0.3) is 0 Å². The summed E-state index contributed by atoms with van der Waals surface area (Å²) in [6.07, 6.45) is 0. The molecule has 0 fully saturated rings. The highest BCUT2D eigenvalue weighted by Gasteiger charge is 2.32. The van der Waals surface area contributed by atoms with E-state index in [1.807, 2.05) is 58.9 Å². The first-order valence-corrected chi connectivity index (χ1v) is 10.8. The summed E-state index contributed by atoms with van der Waals surface area (Å²) in [5.41, 5.74) is 3.19. The van der Waals surface area contributed by atoms with E-state index in [1.165, 1.54) is 10.6 Å². The van der Waals surface area contributed by atoms with E-state index in [0.717, 1.165) is 11.1 Å². The molecule has 2 aromatic carbocycles. The lowest BCUT2D eigenvalue weighted by molar-refractivity contribution is 0.534. The molecule has 0 aliphatic carbocycles. The molecule has 0 spiro atoms. The van der Waals surface area contributed by atoms with Crippen molar-refractivity contribution in [3.63, 3.8) is 0 Å². The zero-order valence-electron chi connectivity index (χ0n) is 17.7. The second-order valence-corrected chi connectivity index (χ2v) is 10.6. The summed E-state index contributed by atoms with van der Waals surface area (Å²) in [5.74, 6) is -0.229. The van der Waals surface area contributed by atoms with Gasteiger partial charge in [0.2, 0.25) is 0 Å². The summed E-state index contributed by atoms with van der Waals surface area (Å²) in [4.78, 5) is 15.0. The van der Waals surface area contributed by atoms with Gasteiger partial charge in [-0.15, -0.1) is 4.72 Å². The third-order valence-electron chi connectivity index (χ3n) is 5.04. The Morgan fingerprint density at radius 3 is 2.45 bits per heavy atom. The van der Waals surface area contributed by atoms with E-state index < -0.39 is 22.2 Å². The molecule has 2 N–H and O–H groups in total. The van der Waals surface area contributed by atoms with Crippen LogP contribution in [0.3, 0.4) is 0 Å². The topological polar surface area (TPSA) is 72.9 Å². The van der Waals surface area contributed by atoms with Gasteiger partial charge in [-0.05, 0) is 49.9 Å². The molecular weight excluding hydrogens is 389 g/mol. The van der Waals surface area contributed by atoms with E-state index in [9.17, 15) is 13.7 Å². The van der Waals surface area contributed by atoms with Crippen molar-refractivity contribution < 1.29 is 8.94 Å². The van der Waals surface area contributed by atoms with E-state index in [2.05, 4.69) is 9.71 Å². The largest absolute Gasteiger partial charge is 0.598 e. The number of hydrogen-bond acceptors (Lipinski definition) is 3. The maximum atomic E-state index is 14.8. The average Bonchev–Trinajstić information content (AvgIpc) is 2.93. The van der Waals surface area contributed by atoms with Gasteiger partial charge < -0.3 is 9.54 Å². The zero-order chi connectivity index (χ0) is 21.5. The summed E-state index contributed by atoms with van der Waals surface area (Å²) in [6.45, 7) is 9.51. The molecule has 0 amide bonds. The molecule has 29 heavy (non-hydrogen) atoms. The summed E-state index contributed by atoms with van der Waals surface area (Å²) in [5, 5.41) is 0. The molecule has 156 valence electrons. The zero-order valence-corrected chi connectivity index (χ0v) is 18.5. The van der Waals surface area contributed by atoms with Crippen molar-refractivity contribution in [1.29, 1.82) is 0 Å². The summed E-state index contributed by atoms with van der Waals surface area (Å²) < 4.78 is 31.9. The molecule has 3 aromatic rings. The fourth-order valence-corrected chi connectivity index (χ4v) is 4.13. The lowest BCUT2D eigenvalue weighted by Gasteiger charge is -2.29. The fraction of sp³-hybridized carbons (Fsp3) is 0.409. The van der Waals surface area contributed by atoms with Crippen LogP contribution in [-0.2, 0) is 18.4 Å². The second kappa shape index (κ2) is 7.97. The number of nitrogens with one attached hydrogen (secondary N) is 2. The number of imidazole rings is 1. The van der Waals surface area contributed by atoms with Gasteiger partial charge in [0, 0.05) is 24.0 Å². The van der Waals surface area contributed by atoms with E-state index in [4.69, 9.17) is 0 Å². The highest BCUT2D eigenvalue weighted by atomic mass is 32.2. The van der Waals surface area contributed by atoms with Gasteiger partial charge in [0.15, 0.2) is 0 Å². The van der Waals surface area contributed by atoms with E-state index >= 15 is 0 Å². The minimum Gasteiger partial charge on any atom is -0.598 e. The van der Waals surface area contributed by atoms with Crippen LogP contribution in [0.25, 0.3) is 11.0 Å². The van der Waals surface area contributed by atoms with Crippen molar-refractivity contribution in [3.05, 3.63) is 69.4 Å². The van der Waals surface area contributed by atoms with Crippen molar-refractivity contribution in [2.75, 3.05) is 0 Å². The Bertz CT molecular complexity index is 1080. The minimum absolute atomic E-state index is 0.0630. The van der Waals surface area contributed by atoms with Crippen molar-refractivity contribution in [2.24, 2.45) is 7.05 Å². The molecule has 1 aromatic heterocycles. The van der Waals surface area contributed by atoms with Crippen molar-refractivity contribution in [3.8, 4) is 0 Å². The van der Waals surface area contributed by atoms with E-state index in [0.29, 0.717) is 16.6 Å². The molecule has 1 heterocycles. The van der Waals surface area contributed by atoms with Crippen LogP contribution >= 0.6 is 0 Å². The predicted octanol–water partition coefficient (Wildman–Crippen LogP) is 4.27. The van der Waals surface area contributed by atoms with Gasteiger partial charge in [-0.2, -0.15) is 0 Å². The molecule has 0 saturated carbocycles. The quantitative estimate of drug-likeness (QED) is 0.609. The normalized spacial score (nSPS) is 14.5. The Morgan fingerprint density at radius 1 is 1.17 bits per heavy atom. The summed E-state index contributed by atoms with van der Waals surface area (Å²) in [7, 11) is 1.69.